The molecular formula is C14H19BrN2. The van der Waals surface area contributed by atoms with Gasteiger partial charge in [-0.1, -0.05) is 28.8 Å². The van der Waals surface area contributed by atoms with Crippen LogP contribution < -0.4 is 10.2 Å². The number of nitrogens with one attached hydrogen (secondary N) is 1. The fourth-order valence-electron chi connectivity index (χ4n) is 3.53. The van der Waals surface area contributed by atoms with Gasteiger partial charge in [-0.15, -0.1) is 0 Å². The molecule has 2 nitrogen and oxygen atoms in total. The number of aryl methyl sites for hydroxylation is 1. The second-order valence-electron chi connectivity index (χ2n) is 5.59. The standard InChI is InChI=1S/C14H19BrN2/c1-10-7-11(15)8-12-13(10)17(2)9-14(16-12)5-3-4-6-14/h7-8,16H,3-6,9H2,1-2H3. The van der Waals surface area contributed by atoms with E-state index < -0.39 is 0 Å². The quantitative estimate of drug-likeness (QED) is 0.780. The Bertz CT molecular complexity index is 450. The minimum Gasteiger partial charge on any atom is -0.376 e. The van der Waals surface area contributed by atoms with E-state index in [1.807, 2.05) is 0 Å². The van der Waals surface area contributed by atoms with E-state index >= 15 is 0 Å². The van der Waals surface area contributed by atoms with E-state index in [1.165, 1.54) is 47.1 Å². The van der Waals surface area contributed by atoms with Gasteiger partial charge in [-0.25, -0.2) is 0 Å². The predicted octanol–water partition coefficient (Wildman–Crippen LogP) is 3.93. The first-order valence-corrected chi connectivity index (χ1v) is 7.18. The summed E-state index contributed by atoms with van der Waals surface area (Å²) in [5.74, 6) is 0. The first-order valence-electron chi connectivity index (χ1n) is 6.39. The summed E-state index contributed by atoms with van der Waals surface area (Å²) in [6.07, 6.45) is 5.34. The summed E-state index contributed by atoms with van der Waals surface area (Å²) >= 11 is 3.60. The Morgan fingerprint density at radius 2 is 2.00 bits per heavy atom. The maximum absolute atomic E-state index is 3.81. The monoisotopic (exact) mass is 294 g/mol. The zero-order chi connectivity index (χ0) is 12.0. The normalized spacial score (nSPS) is 21.5. The van der Waals surface area contributed by atoms with Crippen LogP contribution in [0.4, 0.5) is 11.4 Å². The molecule has 1 aromatic carbocycles. The van der Waals surface area contributed by atoms with Gasteiger partial charge in [0.05, 0.1) is 16.9 Å². The van der Waals surface area contributed by atoms with Crippen molar-refractivity contribution in [2.24, 2.45) is 0 Å². The van der Waals surface area contributed by atoms with Gasteiger partial charge in [0.15, 0.2) is 0 Å². The molecule has 1 aliphatic carbocycles. The van der Waals surface area contributed by atoms with E-state index in [0.717, 1.165) is 6.54 Å². The number of nitrogens with zero attached hydrogens (tertiary/aromatic N) is 1. The fraction of sp³-hybridized carbons (Fsp3) is 0.571. The van der Waals surface area contributed by atoms with Crippen LogP contribution in [0.1, 0.15) is 31.2 Å². The van der Waals surface area contributed by atoms with Crippen LogP contribution in [0.3, 0.4) is 0 Å². The zero-order valence-electron chi connectivity index (χ0n) is 10.5. The van der Waals surface area contributed by atoms with Crippen molar-refractivity contribution >= 4 is 27.3 Å². The average Bonchev–Trinajstić information content (AvgIpc) is 2.63. The van der Waals surface area contributed by atoms with Crippen LogP contribution in [0.15, 0.2) is 16.6 Å². The molecule has 1 spiro atoms. The van der Waals surface area contributed by atoms with Crippen LogP contribution in [-0.2, 0) is 0 Å². The molecule has 1 aliphatic heterocycles. The molecule has 0 bridgehead atoms. The highest BCUT2D eigenvalue weighted by molar-refractivity contribution is 9.10. The Labute approximate surface area is 112 Å². The third kappa shape index (κ3) is 1.85. The predicted molar refractivity (Wildman–Crippen MR) is 77.0 cm³/mol. The highest BCUT2D eigenvalue weighted by Gasteiger charge is 2.39. The molecular weight excluding hydrogens is 276 g/mol. The minimum absolute atomic E-state index is 0.328. The van der Waals surface area contributed by atoms with E-state index in [1.54, 1.807) is 0 Å². The van der Waals surface area contributed by atoms with Crippen LogP contribution in [0.2, 0.25) is 0 Å². The molecule has 3 rings (SSSR count). The average molecular weight is 295 g/mol. The topological polar surface area (TPSA) is 15.3 Å². The van der Waals surface area contributed by atoms with Gasteiger partial charge in [0.1, 0.15) is 0 Å². The lowest BCUT2D eigenvalue weighted by Crippen LogP contribution is -2.49. The molecule has 0 saturated heterocycles. The Morgan fingerprint density at radius 1 is 1.29 bits per heavy atom. The van der Waals surface area contributed by atoms with Crippen molar-refractivity contribution in [2.75, 3.05) is 23.8 Å². The number of rotatable bonds is 0. The van der Waals surface area contributed by atoms with Crippen LogP contribution in [0, 0.1) is 6.92 Å². The van der Waals surface area contributed by atoms with Crippen LogP contribution in [-0.4, -0.2) is 19.1 Å². The summed E-state index contributed by atoms with van der Waals surface area (Å²) in [6, 6.07) is 4.42. The van der Waals surface area contributed by atoms with Crippen molar-refractivity contribution in [1.29, 1.82) is 0 Å². The molecule has 0 unspecified atom stereocenters. The van der Waals surface area contributed by atoms with Gasteiger partial charge in [-0.05, 0) is 37.5 Å². The van der Waals surface area contributed by atoms with Gasteiger partial charge >= 0.3 is 0 Å². The van der Waals surface area contributed by atoms with E-state index in [2.05, 4.69) is 52.3 Å². The maximum atomic E-state index is 3.81. The summed E-state index contributed by atoms with van der Waals surface area (Å²) < 4.78 is 1.17. The second kappa shape index (κ2) is 3.91. The van der Waals surface area contributed by atoms with Crippen molar-refractivity contribution in [3.05, 3.63) is 22.2 Å². The molecule has 0 atom stereocenters. The van der Waals surface area contributed by atoms with E-state index in [9.17, 15) is 0 Å². The Kier molecular flexibility index (Phi) is 2.62. The van der Waals surface area contributed by atoms with Crippen LogP contribution in [0.5, 0.6) is 0 Å². The van der Waals surface area contributed by atoms with Crippen molar-refractivity contribution in [3.63, 3.8) is 0 Å². The fourth-order valence-corrected chi connectivity index (χ4v) is 4.10. The molecule has 3 heteroatoms. The van der Waals surface area contributed by atoms with Crippen molar-refractivity contribution in [3.8, 4) is 0 Å². The molecule has 1 fully saturated rings. The highest BCUT2D eigenvalue weighted by atomic mass is 79.9. The molecule has 1 aromatic rings. The first-order chi connectivity index (χ1) is 8.10. The molecule has 17 heavy (non-hydrogen) atoms. The number of hydrogen-bond acceptors (Lipinski definition) is 2. The van der Waals surface area contributed by atoms with Crippen molar-refractivity contribution < 1.29 is 0 Å². The SMILES string of the molecule is Cc1cc(Br)cc2c1N(C)CC1(CCCC1)N2. The lowest BCUT2D eigenvalue weighted by Gasteiger charge is -2.43. The maximum Gasteiger partial charge on any atom is 0.0630 e. The summed E-state index contributed by atoms with van der Waals surface area (Å²) in [5.41, 5.74) is 4.34. The van der Waals surface area contributed by atoms with Crippen LogP contribution >= 0.6 is 15.9 Å². The number of likely N-dealkylation sites (N-methyl/N-ethyl adjacent to an activating group) is 1. The zero-order valence-corrected chi connectivity index (χ0v) is 12.1. The Morgan fingerprint density at radius 3 is 2.71 bits per heavy atom. The van der Waals surface area contributed by atoms with Gasteiger partial charge in [0.2, 0.25) is 0 Å². The number of halogens is 1. The molecule has 1 heterocycles. The number of hydrogen-bond donors (Lipinski definition) is 1. The van der Waals surface area contributed by atoms with E-state index in [4.69, 9.17) is 0 Å². The van der Waals surface area contributed by atoms with Gasteiger partial charge in [-0.2, -0.15) is 0 Å². The van der Waals surface area contributed by atoms with Crippen LogP contribution in [0.25, 0.3) is 0 Å². The molecule has 92 valence electrons. The number of benzene rings is 1. The third-order valence-corrected chi connectivity index (χ3v) is 4.61. The minimum atomic E-state index is 0.328. The van der Waals surface area contributed by atoms with Gasteiger partial charge < -0.3 is 10.2 Å². The molecule has 1 N–H and O–H groups in total. The summed E-state index contributed by atoms with van der Waals surface area (Å²) in [4.78, 5) is 2.43. The molecule has 1 saturated carbocycles. The smallest absolute Gasteiger partial charge is 0.0630 e. The summed E-state index contributed by atoms with van der Waals surface area (Å²) in [5, 5.41) is 3.81. The van der Waals surface area contributed by atoms with Gasteiger partial charge in [0, 0.05) is 18.1 Å². The Balaban J connectivity index is 2.05. The summed E-state index contributed by atoms with van der Waals surface area (Å²) in [7, 11) is 2.22. The Hall–Kier alpha value is -0.700. The molecule has 2 aliphatic rings. The van der Waals surface area contributed by atoms with Gasteiger partial charge in [0.25, 0.3) is 0 Å². The third-order valence-electron chi connectivity index (χ3n) is 4.15. The number of fused-ring (bicyclic) bond motifs is 1. The molecule has 0 amide bonds. The second-order valence-corrected chi connectivity index (χ2v) is 6.50. The lowest BCUT2D eigenvalue weighted by molar-refractivity contribution is 0.472. The van der Waals surface area contributed by atoms with Crippen molar-refractivity contribution in [2.45, 2.75) is 38.1 Å². The lowest BCUT2D eigenvalue weighted by atomic mass is 9.92. The molecule has 0 aromatic heterocycles. The van der Waals surface area contributed by atoms with E-state index in [-0.39, 0.29) is 0 Å². The first kappa shape index (κ1) is 11.4. The molecule has 0 radical (unpaired) electrons. The van der Waals surface area contributed by atoms with Gasteiger partial charge in [-0.3, -0.25) is 0 Å². The van der Waals surface area contributed by atoms with Crippen molar-refractivity contribution in [1.82, 2.24) is 0 Å². The van der Waals surface area contributed by atoms with E-state index in [0.29, 0.717) is 5.54 Å². The highest BCUT2D eigenvalue weighted by Crippen LogP contribution is 2.43. The number of anilines is 2. The summed E-state index contributed by atoms with van der Waals surface area (Å²) in [6.45, 7) is 3.33. The largest absolute Gasteiger partial charge is 0.376 e.